The third-order valence-electron chi connectivity index (χ3n) is 5.79. The summed E-state index contributed by atoms with van der Waals surface area (Å²) >= 11 is 0. The molecule has 116 valence electrons. The first-order valence-electron chi connectivity index (χ1n) is 7.13. The minimum Gasteiger partial charge on any atom is -0.346 e. The Morgan fingerprint density at radius 1 is 1.30 bits per heavy atom. The van der Waals surface area contributed by atoms with Crippen molar-refractivity contribution in [3.05, 3.63) is 0 Å². The topological polar surface area (TPSA) is 41.1 Å². The van der Waals surface area contributed by atoms with Gasteiger partial charge < -0.3 is 10.6 Å². The highest BCUT2D eigenvalue weighted by Crippen LogP contribution is 2.65. The number of carbonyl (C=O) groups is 1. The monoisotopic (exact) mass is 292 g/mol. The summed E-state index contributed by atoms with van der Waals surface area (Å²) in [6.45, 7) is 5.44. The fourth-order valence-corrected chi connectivity index (χ4v) is 3.99. The molecule has 0 aliphatic heterocycles. The summed E-state index contributed by atoms with van der Waals surface area (Å²) in [5, 5.41) is 5.06. The maximum Gasteiger partial charge on any atom is 0.405 e. The molecule has 3 unspecified atom stereocenters. The van der Waals surface area contributed by atoms with Crippen LogP contribution in [0.15, 0.2) is 0 Å². The van der Waals surface area contributed by atoms with Gasteiger partial charge in [-0.15, -0.1) is 0 Å². The molecule has 2 fully saturated rings. The van der Waals surface area contributed by atoms with Crippen molar-refractivity contribution >= 4 is 5.91 Å². The summed E-state index contributed by atoms with van der Waals surface area (Å²) in [7, 11) is 0. The van der Waals surface area contributed by atoms with Crippen LogP contribution >= 0.6 is 0 Å². The largest absolute Gasteiger partial charge is 0.405 e. The molecular formula is C14H23F3N2O. The average Bonchev–Trinajstić information content (AvgIpc) is 2.65. The molecular weight excluding hydrogens is 269 g/mol. The van der Waals surface area contributed by atoms with Crippen molar-refractivity contribution in [2.45, 2.75) is 52.3 Å². The first-order valence-corrected chi connectivity index (χ1v) is 7.13. The molecule has 3 nitrogen and oxygen atoms in total. The summed E-state index contributed by atoms with van der Waals surface area (Å²) in [6, 6.07) is 0.216. The quantitative estimate of drug-likeness (QED) is 0.836. The molecule has 2 bridgehead atoms. The van der Waals surface area contributed by atoms with E-state index in [1.807, 2.05) is 5.32 Å². The van der Waals surface area contributed by atoms with Gasteiger partial charge in [0.1, 0.15) is 6.54 Å². The van der Waals surface area contributed by atoms with E-state index in [-0.39, 0.29) is 23.4 Å². The summed E-state index contributed by atoms with van der Waals surface area (Å²) in [5.74, 6) is 0.0507. The van der Waals surface area contributed by atoms with Gasteiger partial charge in [-0.3, -0.25) is 4.79 Å². The Balaban J connectivity index is 1.83. The highest BCUT2D eigenvalue weighted by atomic mass is 19.4. The maximum atomic E-state index is 12.0. The highest BCUT2D eigenvalue weighted by Gasteiger charge is 2.61. The summed E-state index contributed by atoms with van der Waals surface area (Å²) in [4.78, 5) is 11.4. The number of carbonyl (C=O) groups excluding carboxylic acids is 1. The van der Waals surface area contributed by atoms with Gasteiger partial charge in [0.25, 0.3) is 0 Å². The average molecular weight is 292 g/mol. The van der Waals surface area contributed by atoms with Gasteiger partial charge in [-0.05, 0) is 36.0 Å². The first kappa shape index (κ1) is 15.6. The molecule has 2 N–H and O–H groups in total. The lowest BCUT2D eigenvalue weighted by molar-refractivity contribution is -0.138. The third-order valence-corrected chi connectivity index (χ3v) is 5.79. The Morgan fingerprint density at radius 2 is 1.95 bits per heavy atom. The van der Waals surface area contributed by atoms with Crippen molar-refractivity contribution < 1.29 is 18.0 Å². The molecule has 2 aliphatic carbocycles. The maximum absolute atomic E-state index is 12.0. The lowest BCUT2D eigenvalue weighted by Gasteiger charge is -2.39. The van der Waals surface area contributed by atoms with E-state index in [9.17, 15) is 18.0 Å². The lowest BCUT2D eigenvalue weighted by Crippen LogP contribution is -2.48. The van der Waals surface area contributed by atoms with Crippen molar-refractivity contribution in [1.82, 2.24) is 10.6 Å². The Morgan fingerprint density at radius 3 is 2.40 bits per heavy atom. The van der Waals surface area contributed by atoms with E-state index >= 15 is 0 Å². The molecule has 2 saturated carbocycles. The second-order valence-corrected chi connectivity index (χ2v) is 6.94. The Hall–Kier alpha value is -0.780. The summed E-state index contributed by atoms with van der Waals surface area (Å²) in [6.07, 6.45) is -1.01. The summed E-state index contributed by atoms with van der Waals surface area (Å²) < 4.78 is 36.0. The number of hydrogen-bond donors (Lipinski definition) is 2. The molecule has 2 aliphatic rings. The van der Waals surface area contributed by atoms with Gasteiger partial charge in [-0.2, -0.15) is 13.2 Å². The van der Waals surface area contributed by atoms with Crippen LogP contribution in [0.3, 0.4) is 0 Å². The molecule has 0 aromatic heterocycles. The smallest absolute Gasteiger partial charge is 0.346 e. The zero-order chi connectivity index (χ0) is 15.2. The van der Waals surface area contributed by atoms with Gasteiger partial charge in [0.15, 0.2) is 0 Å². The predicted octanol–water partition coefficient (Wildman–Crippen LogP) is 2.47. The molecule has 0 saturated heterocycles. The summed E-state index contributed by atoms with van der Waals surface area (Å²) in [5.41, 5.74) is 0.356. The standard InChI is InChI=1S/C14H23F3N2O/c1-12(2)9-4-5-13(12,3)10(6-9)18-7-11(20)19-8-14(15,16)17/h9-10,18H,4-8H2,1-3H3,(H,19,20). The normalized spacial score (nSPS) is 35.3. The lowest BCUT2D eigenvalue weighted by atomic mass is 9.69. The van der Waals surface area contributed by atoms with Crippen molar-refractivity contribution in [3.8, 4) is 0 Å². The number of fused-ring (bicyclic) bond motifs is 2. The van der Waals surface area contributed by atoms with Crippen LogP contribution in [-0.4, -0.2) is 31.2 Å². The van der Waals surface area contributed by atoms with Gasteiger partial charge in [-0.25, -0.2) is 0 Å². The van der Waals surface area contributed by atoms with Gasteiger partial charge in [0, 0.05) is 6.04 Å². The Kier molecular flexibility index (Phi) is 3.82. The number of amides is 1. The Labute approximate surface area is 117 Å². The fraction of sp³-hybridized carbons (Fsp3) is 0.929. The van der Waals surface area contributed by atoms with Crippen molar-refractivity contribution in [3.63, 3.8) is 0 Å². The van der Waals surface area contributed by atoms with E-state index < -0.39 is 18.6 Å². The van der Waals surface area contributed by atoms with Crippen LogP contribution in [0.25, 0.3) is 0 Å². The van der Waals surface area contributed by atoms with Crippen LogP contribution in [0.2, 0.25) is 0 Å². The zero-order valence-electron chi connectivity index (χ0n) is 12.2. The van der Waals surface area contributed by atoms with Crippen LogP contribution < -0.4 is 10.6 Å². The molecule has 0 aromatic carbocycles. The molecule has 2 rings (SSSR count). The molecule has 0 spiro atoms. The zero-order valence-corrected chi connectivity index (χ0v) is 12.2. The molecule has 20 heavy (non-hydrogen) atoms. The molecule has 0 aromatic rings. The third kappa shape index (κ3) is 2.67. The number of hydrogen-bond acceptors (Lipinski definition) is 2. The van der Waals surface area contributed by atoms with Crippen molar-refractivity contribution in [2.75, 3.05) is 13.1 Å². The van der Waals surface area contributed by atoms with E-state index in [1.54, 1.807) is 0 Å². The van der Waals surface area contributed by atoms with Crippen LogP contribution in [0, 0.1) is 16.7 Å². The van der Waals surface area contributed by atoms with Gasteiger partial charge in [0.05, 0.1) is 6.54 Å². The van der Waals surface area contributed by atoms with E-state index in [0.29, 0.717) is 5.92 Å². The number of halogens is 3. The molecule has 1 amide bonds. The van der Waals surface area contributed by atoms with Gasteiger partial charge in [0.2, 0.25) is 5.91 Å². The van der Waals surface area contributed by atoms with Crippen LogP contribution in [0.1, 0.15) is 40.0 Å². The van der Waals surface area contributed by atoms with E-state index in [2.05, 4.69) is 26.1 Å². The fourth-order valence-electron chi connectivity index (χ4n) is 3.99. The van der Waals surface area contributed by atoms with E-state index in [0.717, 1.165) is 12.8 Å². The Bertz CT molecular complexity index is 394. The minimum absolute atomic E-state index is 0.0425. The second kappa shape index (κ2) is 4.90. The van der Waals surface area contributed by atoms with Crippen molar-refractivity contribution in [2.24, 2.45) is 16.7 Å². The van der Waals surface area contributed by atoms with Crippen LogP contribution in [0.4, 0.5) is 13.2 Å². The van der Waals surface area contributed by atoms with Crippen LogP contribution in [0.5, 0.6) is 0 Å². The molecule has 3 atom stereocenters. The van der Waals surface area contributed by atoms with Crippen LogP contribution in [-0.2, 0) is 4.79 Å². The minimum atomic E-state index is -4.35. The SMILES string of the molecule is CC1(C)C2CCC1(C)C(NCC(=O)NCC(F)(F)F)C2. The molecule has 0 heterocycles. The molecule has 0 radical (unpaired) electrons. The predicted molar refractivity (Wildman–Crippen MR) is 70.1 cm³/mol. The number of nitrogens with one attached hydrogen (secondary N) is 2. The first-order chi connectivity index (χ1) is 9.06. The second-order valence-electron chi connectivity index (χ2n) is 6.94. The number of alkyl halides is 3. The highest BCUT2D eigenvalue weighted by molar-refractivity contribution is 5.78. The van der Waals surface area contributed by atoms with Gasteiger partial charge in [-0.1, -0.05) is 20.8 Å². The molecule has 6 heteroatoms. The number of rotatable bonds is 4. The van der Waals surface area contributed by atoms with Gasteiger partial charge >= 0.3 is 6.18 Å². The van der Waals surface area contributed by atoms with E-state index in [1.165, 1.54) is 6.42 Å². The van der Waals surface area contributed by atoms with Crippen molar-refractivity contribution in [1.29, 1.82) is 0 Å². The van der Waals surface area contributed by atoms with E-state index in [4.69, 9.17) is 0 Å².